The van der Waals surface area contributed by atoms with Crippen LogP contribution in [0.1, 0.15) is 42.9 Å². The molecule has 1 aliphatic heterocycles. The van der Waals surface area contributed by atoms with E-state index in [0.717, 1.165) is 11.3 Å². The molecule has 11 heteroatoms. The zero-order valence-electron chi connectivity index (χ0n) is 18.3. The van der Waals surface area contributed by atoms with Crippen molar-refractivity contribution in [1.29, 1.82) is 0 Å². The van der Waals surface area contributed by atoms with Crippen LogP contribution in [0, 0.1) is 5.92 Å². The first kappa shape index (κ1) is 23.3. The van der Waals surface area contributed by atoms with Gasteiger partial charge < -0.3 is 9.84 Å². The molecule has 33 heavy (non-hydrogen) atoms. The van der Waals surface area contributed by atoms with Crippen molar-refractivity contribution in [3.63, 3.8) is 0 Å². The summed E-state index contributed by atoms with van der Waals surface area (Å²) in [6, 6.07) is 8.25. The molecule has 3 heterocycles. The standard InChI is InChI=1S/C22H24N4O5S2/c1-3-19-24-21(25-31-19)17-11-20(32-13-17)33(29,30)26-9-5-7-16(12-26)22(28)23-18-8-4-6-15(10-18)14(2)27/h4,6,8,10-11,13,16H,3,5,7,9,12H2,1-2H3,(H,23,28). The molecule has 1 aliphatic rings. The van der Waals surface area contributed by atoms with Gasteiger partial charge in [-0.1, -0.05) is 24.2 Å². The third-order valence-corrected chi connectivity index (χ3v) is 8.77. The summed E-state index contributed by atoms with van der Waals surface area (Å²) in [6.07, 6.45) is 1.76. The van der Waals surface area contributed by atoms with Gasteiger partial charge in [0.1, 0.15) is 4.21 Å². The second-order valence-corrected chi connectivity index (χ2v) is 10.9. The van der Waals surface area contributed by atoms with E-state index in [9.17, 15) is 18.0 Å². The van der Waals surface area contributed by atoms with Crippen LogP contribution in [0.15, 0.2) is 44.4 Å². The van der Waals surface area contributed by atoms with Gasteiger partial charge >= 0.3 is 0 Å². The van der Waals surface area contributed by atoms with Crippen molar-refractivity contribution in [2.45, 2.75) is 37.3 Å². The van der Waals surface area contributed by atoms with Crippen LogP contribution in [0.25, 0.3) is 11.4 Å². The molecule has 1 saturated heterocycles. The van der Waals surface area contributed by atoms with Gasteiger partial charge in [0.2, 0.25) is 17.6 Å². The Morgan fingerprint density at radius 3 is 2.85 bits per heavy atom. The number of carbonyl (C=O) groups excluding carboxylic acids is 2. The van der Waals surface area contributed by atoms with Gasteiger partial charge in [-0.3, -0.25) is 9.59 Å². The van der Waals surface area contributed by atoms with Crippen LogP contribution in [0.3, 0.4) is 0 Å². The van der Waals surface area contributed by atoms with E-state index in [4.69, 9.17) is 4.52 Å². The number of hydrogen-bond donors (Lipinski definition) is 1. The predicted octanol–water partition coefficient (Wildman–Crippen LogP) is 3.60. The van der Waals surface area contributed by atoms with E-state index in [2.05, 4.69) is 15.5 Å². The minimum absolute atomic E-state index is 0.0932. The number of ketones is 1. The van der Waals surface area contributed by atoms with Crippen LogP contribution < -0.4 is 5.32 Å². The zero-order valence-corrected chi connectivity index (χ0v) is 19.9. The van der Waals surface area contributed by atoms with Gasteiger partial charge in [-0.05, 0) is 38.0 Å². The predicted molar refractivity (Wildman–Crippen MR) is 124 cm³/mol. The number of rotatable bonds is 7. The number of anilines is 1. The fourth-order valence-electron chi connectivity index (χ4n) is 3.65. The van der Waals surface area contributed by atoms with Gasteiger partial charge in [0, 0.05) is 41.7 Å². The highest BCUT2D eigenvalue weighted by atomic mass is 32.2. The Kier molecular flexibility index (Phi) is 6.73. The van der Waals surface area contributed by atoms with Crippen molar-refractivity contribution in [1.82, 2.24) is 14.4 Å². The van der Waals surface area contributed by atoms with Crippen LogP contribution in [0.4, 0.5) is 5.69 Å². The number of piperidine rings is 1. The summed E-state index contributed by atoms with van der Waals surface area (Å²) in [5.41, 5.74) is 1.60. The number of nitrogens with one attached hydrogen (secondary N) is 1. The molecule has 9 nitrogen and oxygen atoms in total. The van der Waals surface area contributed by atoms with E-state index in [0.29, 0.717) is 54.3 Å². The van der Waals surface area contributed by atoms with E-state index in [1.165, 1.54) is 11.2 Å². The van der Waals surface area contributed by atoms with E-state index < -0.39 is 15.9 Å². The smallest absolute Gasteiger partial charge is 0.252 e. The lowest BCUT2D eigenvalue weighted by Gasteiger charge is -2.30. The average molecular weight is 489 g/mol. The van der Waals surface area contributed by atoms with Crippen LogP contribution in [-0.4, -0.2) is 47.6 Å². The number of Topliss-reactive ketones (excluding diaryl/α,β-unsaturated/α-hetero) is 1. The minimum atomic E-state index is -3.76. The first-order valence-electron chi connectivity index (χ1n) is 10.6. The molecule has 174 valence electrons. The number of thiophene rings is 1. The lowest BCUT2D eigenvalue weighted by molar-refractivity contribution is -0.120. The topological polar surface area (TPSA) is 122 Å². The maximum absolute atomic E-state index is 13.2. The molecule has 3 aromatic rings. The summed E-state index contributed by atoms with van der Waals surface area (Å²) in [4.78, 5) is 28.7. The number of aryl methyl sites for hydroxylation is 1. The van der Waals surface area contributed by atoms with Gasteiger partial charge in [0.25, 0.3) is 10.0 Å². The maximum Gasteiger partial charge on any atom is 0.252 e. The molecule has 1 unspecified atom stereocenters. The largest absolute Gasteiger partial charge is 0.339 e. The molecule has 1 atom stereocenters. The first-order valence-corrected chi connectivity index (χ1v) is 12.9. The van der Waals surface area contributed by atoms with Crippen molar-refractivity contribution in [3.8, 4) is 11.4 Å². The summed E-state index contributed by atoms with van der Waals surface area (Å²) >= 11 is 1.09. The molecule has 1 aromatic carbocycles. The first-order chi connectivity index (χ1) is 15.8. The number of aromatic nitrogens is 2. The Morgan fingerprint density at radius 1 is 1.30 bits per heavy atom. The van der Waals surface area contributed by atoms with Crippen molar-refractivity contribution in [3.05, 3.63) is 47.2 Å². The number of amides is 1. The monoisotopic (exact) mass is 488 g/mol. The van der Waals surface area contributed by atoms with Gasteiger partial charge in [0.05, 0.1) is 5.92 Å². The van der Waals surface area contributed by atoms with E-state index in [1.807, 2.05) is 6.92 Å². The normalized spacial score (nSPS) is 17.1. The summed E-state index contributed by atoms with van der Waals surface area (Å²) in [5, 5.41) is 8.40. The Labute approximate surface area is 195 Å². The number of nitrogens with zero attached hydrogens (tertiary/aromatic N) is 3. The van der Waals surface area contributed by atoms with Crippen molar-refractivity contribution in [2.24, 2.45) is 5.92 Å². The summed E-state index contributed by atoms with van der Waals surface area (Å²) < 4.78 is 33.1. The third-order valence-electron chi connectivity index (χ3n) is 5.49. The lowest BCUT2D eigenvalue weighted by Crippen LogP contribution is -2.43. The summed E-state index contributed by atoms with van der Waals surface area (Å²) in [7, 11) is -3.76. The van der Waals surface area contributed by atoms with Gasteiger partial charge in [0.15, 0.2) is 5.78 Å². The number of benzene rings is 1. The van der Waals surface area contributed by atoms with Crippen molar-refractivity contribution >= 4 is 38.7 Å². The van der Waals surface area contributed by atoms with Crippen LogP contribution in [0.5, 0.6) is 0 Å². The Bertz CT molecular complexity index is 1280. The molecule has 1 amide bonds. The highest BCUT2D eigenvalue weighted by molar-refractivity contribution is 7.91. The molecule has 0 bridgehead atoms. The quantitative estimate of drug-likeness (QED) is 0.504. The van der Waals surface area contributed by atoms with Gasteiger partial charge in [-0.2, -0.15) is 9.29 Å². The minimum Gasteiger partial charge on any atom is -0.339 e. The Balaban J connectivity index is 1.47. The molecular formula is C22H24N4O5S2. The lowest BCUT2D eigenvalue weighted by atomic mass is 9.98. The zero-order chi connectivity index (χ0) is 23.6. The second-order valence-electron chi connectivity index (χ2n) is 7.85. The molecule has 2 aromatic heterocycles. The van der Waals surface area contributed by atoms with Crippen LogP contribution in [0.2, 0.25) is 0 Å². The van der Waals surface area contributed by atoms with Crippen molar-refractivity contribution in [2.75, 3.05) is 18.4 Å². The SMILES string of the molecule is CCc1nc(-c2csc(S(=O)(=O)N3CCCC(C(=O)Nc4cccc(C(C)=O)c4)C3)c2)no1. The third kappa shape index (κ3) is 5.05. The van der Waals surface area contributed by atoms with E-state index >= 15 is 0 Å². The second kappa shape index (κ2) is 9.54. The maximum atomic E-state index is 13.2. The molecule has 1 N–H and O–H groups in total. The molecule has 0 saturated carbocycles. The fraction of sp³-hybridized carbons (Fsp3) is 0.364. The molecule has 0 radical (unpaired) electrons. The molecule has 0 spiro atoms. The molecule has 4 rings (SSSR count). The van der Waals surface area contributed by atoms with Crippen LogP contribution >= 0.6 is 11.3 Å². The Morgan fingerprint density at radius 2 is 2.12 bits per heavy atom. The van der Waals surface area contributed by atoms with Gasteiger partial charge in [-0.25, -0.2) is 8.42 Å². The van der Waals surface area contributed by atoms with Gasteiger partial charge in [-0.15, -0.1) is 11.3 Å². The van der Waals surface area contributed by atoms with Crippen molar-refractivity contribution < 1.29 is 22.5 Å². The molecule has 0 aliphatic carbocycles. The molecule has 1 fully saturated rings. The van der Waals surface area contributed by atoms with E-state index in [-0.39, 0.29) is 22.4 Å². The fourth-order valence-corrected chi connectivity index (χ4v) is 6.48. The highest BCUT2D eigenvalue weighted by Gasteiger charge is 2.34. The average Bonchev–Trinajstić information content (AvgIpc) is 3.49. The number of sulfonamides is 1. The van der Waals surface area contributed by atoms with Crippen LogP contribution in [-0.2, 0) is 21.2 Å². The summed E-state index contributed by atoms with van der Waals surface area (Å²) in [6.45, 7) is 3.79. The molecular weight excluding hydrogens is 464 g/mol. The highest BCUT2D eigenvalue weighted by Crippen LogP contribution is 2.31. The number of carbonyl (C=O) groups is 2. The Hall–Kier alpha value is -2.89. The van der Waals surface area contributed by atoms with E-state index in [1.54, 1.807) is 35.7 Å². The number of hydrogen-bond acceptors (Lipinski definition) is 8. The summed E-state index contributed by atoms with van der Waals surface area (Å²) in [5.74, 6) is -0.00437.